The fourth-order valence-corrected chi connectivity index (χ4v) is 4.12. The molecule has 0 aliphatic rings. The molecule has 176 valence electrons. The normalized spacial score (nSPS) is 12.1. The minimum atomic E-state index is -0.487. The van der Waals surface area contributed by atoms with E-state index in [0.717, 1.165) is 21.2 Å². The van der Waals surface area contributed by atoms with Crippen LogP contribution < -0.4 is 21.9 Å². The van der Waals surface area contributed by atoms with E-state index in [1.165, 1.54) is 4.57 Å². The van der Waals surface area contributed by atoms with Crippen LogP contribution in [0.25, 0.3) is 22.1 Å². The molecule has 0 saturated carbocycles. The second kappa shape index (κ2) is 9.11. The van der Waals surface area contributed by atoms with Gasteiger partial charge in [0.1, 0.15) is 5.82 Å². The molecule has 10 heteroatoms. The van der Waals surface area contributed by atoms with Crippen molar-refractivity contribution >= 4 is 28.0 Å². The smallest absolute Gasteiger partial charge is 0.332 e. The van der Waals surface area contributed by atoms with Gasteiger partial charge in [-0.05, 0) is 26.8 Å². The molecule has 0 radical (unpaired) electrons. The van der Waals surface area contributed by atoms with Gasteiger partial charge in [-0.15, -0.1) is 5.92 Å². The first-order valence-electron chi connectivity index (χ1n) is 11.0. The molecule has 0 spiro atoms. The average molecular weight is 461 g/mol. The van der Waals surface area contributed by atoms with Crippen LogP contribution in [0, 0.1) is 18.8 Å². The van der Waals surface area contributed by atoms with Crippen molar-refractivity contribution in [2.24, 2.45) is 12.8 Å². The van der Waals surface area contributed by atoms with Crippen LogP contribution in [0.2, 0.25) is 0 Å². The van der Waals surface area contributed by atoms with Crippen LogP contribution in [0.15, 0.2) is 33.9 Å². The second-order valence-electron chi connectivity index (χ2n) is 8.43. The maximum atomic E-state index is 13.6. The van der Waals surface area contributed by atoms with Gasteiger partial charge in [-0.2, -0.15) is 4.98 Å². The molecule has 1 aromatic carbocycles. The molecule has 0 fully saturated rings. The Balaban J connectivity index is 1.93. The quantitative estimate of drug-likeness (QED) is 0.427. The van der Waals surface area contributed by atoms with Crippen molar-refractivity contribution in [3.05, 3.63) is 56.6 Å². The van der Waals surface area contributed by atoms with Gasteiger partial charge in [-0.25, -0.2) is 14.8 Å². The maximum absolute atomic E-state index is 13.6. The van der Waals surface area contributed by atoms with Crippen molar-refractivity contribution in [3.63, 3.8) is 0 Å². The molecule has 4 aromatic rings. The van der Waals surface area contributed by atoms with Crippen LogP contribution in [-0.2, 0) is 20.1 Å². The summed E-state index contributed by atoms with van der Waals surface area (Å²) < 4.78 is 4.27. The van der Waals surface area contributed by atoms with E-state index in [1.54, 1.807) is 18.5 Å². The summed E-state index contributed by atoms with van der Waals surface area (Å²) in [6.45, 7) is 6.24. The highest BCUT2D eigenvalue weighted by molar-refractivity contribution is 5.80. The summed E-state index contributed by atoms with van der Waals surface area (Å²) >= 11 is 0. The number of benzene rings is 1. The van der Waals surface area contributed by atoms with Crippen LogP contribution in [0.5, 0.6) is 0 Å². The molecule has 3 heterocycles. The summed E-state index contributed by atoms with van der Waals surface area (Å²) in [5, 5.41) is 0.931. The summed E-state index contributed by atoms with van der Waals surface area (Å²) in [6, 6.07) is 7.54. The van der Waals surface area contributed by atoms with Gasteiger partial charge in [-0.3, -0.25) is 18.5 Å². The molecule has 4 rings (SSSR count). The average Bonchev–Trinajstić information content (AvgIpc) is 3.18. The number of anilines is 1. The van der Waals surface area contributed by atoms with Crippen molar-refractivity contribution in [2.75, 3.05) is 18.5 Å². The van der Waals surface area contributed by atoms with Gasteiger partial charge >= 0.3 is 5.69 Å². The Kier molecular flexibility index (Phi) is 6.22. The molecule has 0 bridgehead atoms. The van der Waals surface area contributed by atoms with Gasteiger partial charge < -0.3 is 10.6 Å². The molecule has 34 heavy (non-hydrogen) atoms. The summed E-state index contributed by atoms with van der Waals surface area (Å²) in [5.41, 5.74) is 7.18. The summed E-state index contributed by atoms with van der Waals surface area (Å²) in [4.78, 5) is 42.4. The maximum Gasteiger partial charge on any atom is 0.332 e. The monoisotopic (exact) mass is 460 g/mol. The number of fused-ring (bicyclic) bond motifs is 2. The third-order valence-electron chi connectivity index (χ3n) is 5.67. The van der Waals surface area contributed by atoms with Crippen LogP contribution >= 0.6 is 0 Å². The number of nitrogens with zero attached hydrogens (tertiary/aromatic N) is 7. The summed E-state index contributed by atoms with van der Waals surface area (Å²) in [7, 11) is 3.45. The minimum absolute atomic E-state index is 0.0528. The second-order valence-corrected chi connectivity index (χ2v) is 8.43. The number of hydrogen-bond donors (Lipinski definition) is 1. The van der Waals surface area contributed by atoms with Gasteiger partial charge in [0.2, 0.25) is 5.95 Å². The molecule has 10 nitrogen and oxygen atoms in total. The zero-order valence-corrected chi connectivity index (χ0v) is 20.0. The van der Waals surface area contributed by atoms with Crippen molar-refractivity contribution in [2.45, 2.75) is 39.9 Å². The van der Waals surface area contributed by atoms with Crippen molar-refractivity contribution < 1.29 is 0 Å². The van der Waals surface area contributed by atoms with E-state index in [4.69, 9.17) is 5.73 Å². The molecule has 2 N–H and O–H groups in total. The lowest BCUT2D eigenvalue weighted by Gasteiger charge is -2.20. The van der Waals surface area contributed by atoms with E-state index in [-0.39, 0.29) is 19.1 Å². The number of imidazole rings is 1. The van der Waals surface area contributed by atoms with Gasteiger partial charge in [0, 0.05) is 37.8 Å². The molecule has 0 aliphatic heterocycles. The zero-order chi connectivity index (χ0) is 24.6. The van der Waals surface area contributed by atoms with Gasteiger partial charge in [0.15, 0.2) is 11.2 Å². The number of aromatic nitrogens is 6. The zero-order valence-electron chi connectivity index (χ0n) is 20.0. The third-order valence-corrected chi connectivity index (χ3v) is 5.67. The molecule has 1 atom stereocenters. The molecular weight excluding hydrogens is 432 g/mol. The molecule has 0 unspecified atom stereocenters. The number of hydrogen-bond acceptors (Lipinski definition) is 7. The first kappa shape index (κ1) is 23.2. The molecule has 3 aromatic heterocycles. The lowest BCUT2D eigenvalue weighted by molar-refractivity contribution is 0.633. The summed E-state index contributed by atoms with van der Waals surface area (Å²) in [5.74, 6) is 6.78. The fourth-order valence-electron chi connectivity index (χ4n) is 4.12. The SMILES string of the molecule is CC#CCn1c(N(C)C[C@H](C)N)nc2c1c(=O)n(Cc1nc(C)c3ccccc3n1)c(=O)n2C. The topological polar surface area (TPSA) is 117 Å². The van der Waals surface area contributed by atoms with Crippen molar-refractivity contribution in [1.82, 2.24) is 28.7 Å². The Bertz CT molecular complexity index is 1570. The Hall–Kier alpha value is -3.97. The molecule has 0 aliphatic carbocycles. The highest BCUT2D eigenvalue weighted by Gasteiger charge is 2.23. The number of nitrogens with two attached hydrogens (primary N) is 1. The van der Waals surface area contributed by atoms with E-state index in [0.29, 0.717) is 29.5 Å². The van der Waals surface area contributed by atoms with E-state index in [2.05, 4.69) is 26.8 Å². The Morgan fingerprint density at radius 3 is 2.59 bits per heavy atom. The first-order chi connectivity index (χ1) is 16.2. The minimum Gasteiger partial charge on any atom is -0.344 e. The molecular formula is C24H28N8O2. The van der Waals surface area contributed by atoms with Crippen LogP contribution in [0.3, 0.4) is 0 Å². The van der Waals surface area contributed by atoms with E-state index in [9.17, 15) is 9.59 Å². The highest BCUT2D eigenvalue weighted by Crippen LogP contribution is 2.19. The summed E-state index contributed by atoms with van der Waals surface area (Å²) in [6.07, 6.45) is 0. The van der Waals surface area contributed by atoms with Gasteiger partial charge in [-0.1, -0.05) is 24.1 Å². The van der Waals surface area contributed by atoms with Gasteiger partial charge in [0.05, 0.1) is 18.6 Å². The fraction of sp³-hybridized carbons (Fsp3) is 0.375. The van der Waals surface area contributed by atoms with Crippen molar-refractivity contribution in [3.8, 4) is 11.8 Å². The van der Waals surface area contributed by atoms with Crippen LogP contribution in [0.4, 0.5) is 5.95 Å². The molecule has 0 saturated heterocycles. The van der Waals surface area contributed by atoms with Crippen molar-refractivity contribution in [1.29, 1.82) is 0 Å². The standard InChI is InChI=1S/C24H28N8O2/c1-6-7-12-31-20-21(28-23(31)29(4)13-15(2)25)30(5)24(34)32(22(20)33)14-19-26-16(3)17-10-8-9-11-18(17)27-19/h8-11,15H,12-14,25H2,1-5H3/t15-/m0/s1. The van der Waals surface area contributed by atoms with E-state index < -0.39 is 11.2 Å². The highest BCUT2D eigenvalue weighted by atomic mass is 16.2. The Morgan fingerprint density at radius 2 is 1.88 bits per heavy atom. The van der Waals surface area contributed by atoms with E-state index >= 15 is 0 Å². The van der Waals surface area contributed by atoms with Crippen LogP contribution in [0.1, 0.15) is 25.4 Å². The van der Waals surface area contributed by atoms with Crippen LogP contribution in [-0.4, -0.2) is 48.3 Å². The van der Waals surface area contributed by atoms with E-state index in [1.807, 2.05) is 50.1 Å². The Morgan fingerprint density at radius 1 is 1.15 bits per heavy atom. The largest absolute Gasteiger partial charge is 0.344 e. The Labute approximate surface area is 196 Å². The predicted octanol–water partition coefficient (Wildman–Crippen LogP) is 1.00. The number of aryl methyl sites for hydroxylation is 2. The molecule has 0 amide bonds. The third kappa shape index (κ3) is 4.06. The lowest BCUT2D eigenvalue weighted by atomic mass is 10.2. The first-order valence-corrected chi connectivity index (χ1v) is 11.0. The van der Waals surface area contributed by atoms with Gasteiger partial charge in [0.25, 0.3) is 5.56 Å². The number of rotatable bonds is 6. The number of para-hydroxylation sites is 1. The number of likely N-dealkylation sites (N-methyl/N-ethyl adjacent to an activating group) is 1. The predicted molar refractivity (Wildman–Crippen MR) is 133 cm³/mol. The lowest BCUT2D eigenvalue weighted by Crippen LogP contribution is -2.40.